The second kappa shape index (κ2) is 9.09. The van der Waals surface area contributed by atoms with Gasteiger partial charge in [-0.1, -0.05) is 12.7 Å². The Hall–Kier alpha value is -3.25. The highest BCUT2D eigenvalue weighted by molar-refractivity contribution is 7.90. The van der Waals surface area contributed by atoms with Crippen LogP contribution in [0.5, 0.6) is 5.75 Å². The summed E-state index contributed by atoms with van der Waals surface area (Å²) in [6, 6.07) is 0.931. The smallest absolute Gasteiger partial charge is 0.294 e. The van der Waals surface area contributed by atoms with Crippen LogP contribution in [0, 0.1) is 34.6 Å². The largest absolute Gasteiger partial charge is 0.455 e. The number of allylic oxidation sites excluding steroid dienone is 6. The van der Waals surface area contributed by atoms with Crippen LogP contribution in [0.4, 0.5) is 17.6 Å². The van der Waals surface area contributed by atoms with E-state index in [1.807, 2.05) is 0 Å². The first-order chi connectivity index (χ1) is 14.7. The van der Waals surface area contributed by atoms with E-state index in [0.717, 1.165) is 24.3 Å². The van der Waals surface area contributed by atoms with Gasteiger partial charge in [0.1, 0.15) is 17.4 Å². The summed E-state index contributed by atoms with van der Waals surface area (Å²) in [6.45, 7) is 3.34. The highest BCUT2D eigenvalue weighted by Gasteiger charge is 2.28. The van der Waals surface area contributed by atoms with Crippen LogP contribution in [0.2, 0.25) is 0 Å². The fourth-order valence-electron chi connectivity index (χ4n) is 2.32. The predicted octanol–water partition coefficient (Wildman–Crippen LogP) is 3.44. The van der Waals surface area contributed by atoms with Gasteiger partial charge in [0.15, 0.2) is 11.6 Å². The van der Waals surface area contributed by atoms with Gasteiger partial charge in [0.25, 0.3) is 20.2 Å². The zero-order valence-corrected chi connectivity index (χ0v) is 17.1. The van der Waals surface area contributed by atoms with Gasteiger partial charge < -0.3 is 4.74 Å². The molecule has 2 N–H and O–H groups in total. The SMILES string of the molecule is C=C1C=C(S(=O)(=O)O)/C=C(/Oc2c(F)c(F)c(C#N)c(F)c2F)C/C=C\C(S(=O)(=O)O)=C/1. The van der Waals surface area contributed by atoms with Gasteiger partial charge in [-0.25, -0.2) is 8.78 Å². The van der Waals surface area contributed by atoms with Gasteiger partial charge in [-0.2, -0.15) is 30.9 Å². The predicted molar refractivity (Wildman–Crippen MR) is 102 cm³/mol. The maximum Gasteiger partial charge on any atom is 0.294 e. The standard InChI is InChI=1S/C18H11F4NO7S2/c1-9-5-11(31(24,25)26)4-2-3-10(7-12(6-9)32(27,28)29)30-18-16(21)14(19)13(8-23)15(20)17(18)22/h2,4-7H,1,3H2,(H,24,25,26)(H,27,28,29)/b4-2-,10-7+,11-5+,12-6?. The summed E-state index contributed by atoms with van der Waals surface area (Å²) in [5, 5.41) is 8.62. The van der Waals surface area contributed by atoms with Crippen LogP contribution >= 0.6 is 0 Å². The minimum atomic E-state index is -5.05. The van der Waals surface area contributed by atoms with E-state index >= 15 is 0 Å². The lowest BCUT2D eigenvalue weighted by Gasteiger charge is -2.13. The second-order valence-corrected chi connectivity index (χ2v) is 8.85. The molecule has 32 heavy (non-hydrogen) atoms. The van der Waals surface area contributed by atoms with Crippen LogP contribution in [0.1, 0.15) is 12.0 Å². The summed E-state index contributed by atoms with van der Waals surface area (Å²) in [5.41, 5.74) is -1.93. The van der Waals surface area contributed by atoms with Gasteiger partial charge in [-0.05, 0) is 29.9 Å². The number of ether oxygens (including phenoxy) is 1. The molecule has 0 bridgehead atoms. The fraction of sp³-hybridized carbons (Fsp3) is 0.0556. The van der Waals surface area contributed by atoms with Crippen molar-refractivity contribution in [1.82, 2.24) is 0 Å². The molecule has 0 atom stereocenters. The lowest BCUT2D eigenvalue weighted by molar-refractivity contribution is 0.334. The summed E-state index contributed by atoms with van der Waals surface area (Å²) >= 11 is 0. The molecule has 0 radical (unpaired) electrons. The first-order valence-electron chi connectivity index (χ1n) is 8.05. The Morgan fingerprint density at radius 2 is 1.41 bits per heavy atom. The zero-order valence-electron chi connectivity index (χ0n) is 15.5. The molecule has 1 aliphatic rings. The minimum absolute atomic E-state index is 0.361. The molecule has 1 aromatic carbocycles. The van der Waals surface area contributed by atoms with E-state index < -0.39 is 76.8 Å². The average Bonchev–Trinajstić information content (AvgIpc) is 2.67. The lowest BCUT2D eigenvalue weighted by Crippen LogP contribution is -2.09. The Labute approximate surface area is 179 Å². The van der Waals surface area contributed by atoms with Gasteiger partial charge in [0.05, 0.1) is 9.81 Å². The van der Waals surface area contributed by atoms with Crippen LogP contribution in [0.25, 0.3) is 0 Å². The monoisotopic (exact) mass is 493 g/mol. The first kappa shape index (κ1) is 25.0. The Kier molecular flexibility index (Phi) is 7.10. The molecule has 2 rings (SSSR count). The molecule has 8 nitrogen and oxygen atoms in total. The molecule has 0 saturated heterocycles. The molecule has 1 aromatic rings. The summed E-state index contributed by atoms with van der Waals surface area (Å²) < 4.78 is 125. The number of nitrogens with zero attached hydrogens (tertiary/aromatic N) is 1. The Balaban J connectivity index is 2.71. The molecular formula is C18H11F4NO7S2. The van der Waals surface area contributed by atoms with Gasteiger partial charge in [-0.15, -0.1) is 0 Å². The van der Waals surface area contributed by atoms with Crippen molar-refractivity contribution in [3.63, 3.8) is 0 Å². The fourth-order valence-corrected chi connectivity index (χ4v) is 3.47. The normalized spacial score (nSPS) is 19.7. The van der Waals surface area contributed by atoms with Crippen LogP contribution < -0.4 is 4.74 Å². The second-order valence-electron chi connectivity index (χ2n) is 6.01. The van der Waals surface area contributed by atoms with Crippen molar-refractivity contribution >= 4 is 20.2 Å². The molecule has 0 aromatic heterocycles. The summed E-state index contributed by atoms with van der Waals surface area (Å²) in [7, 11) is -9.88. The van der Waals surface area contributed by atoms with E-state index in [-0.39, 0.29) is 5.57 Å². The van der Waals surface area contributed by atoms with Crippen molar-refractivity contribution in [2.75, 3.05) is 0 Å². The Bertz CT molecular complexity index is 1350. The van der Waals surface area contributed by atoms with Gasteiger partial charge in [-0.3, -0.25) is 9.11 Å². The third kappa shape index (κ3) is 5.51. The number of rotatable bonds is 4. The molecule has 0 spiro atoms. The summed E-state index contributed by atoms with van der Waals surface area (Å²) in [6.07, 6.45) is 2.99. The number of benzene rings is 1. The first-order valence-corrected chi connectivity index (χ1v) is 10.9. The van der Waals surface area contributed by atoms with E-state index in [9.17, 15) is 43.5 Å². The molecule has 0 saturated carbocycles. The van der Waals surface area contributed by atoms with Crippen LogP contribution in [-0.4, -0.2) is 25.9 Å². The topological polar surface area (TPSA) is 142 Å². The van der Waals surface area contributed by atoms with Crippen LogP contribution in [0.15, 0.2) is 58.1 Å². The molecule has 0 unspecified atom stereocenters. The molecule has 14 heteroatoms. The van der Waals surface area contributed by atoms with Crippen molar-refractivity contribution in [3.05, 3.63) is 86.9 Å². The minimum Gasteiger partial charge on any atom is -0.455 e. The third-order valence-electron chi connectivity index (χ3n) is 3.72. The molecule has 0 heterocycles. The molecule has 170 valence electrons. The van der Waals surface area contributed by atoms with E-state index in [1.54, 1.807) is 0 Å². The van der Waals surface area contributed by atoms with E-state index in [0.29, 0.717) is 12.2 Å². The van der Waals surface area contributed by atoms with E-state index in [2.05, 4.69) is 6.58 Å². The van der Waals surface area contributed by atoms with Crippen molar-refractivity contribution in [2.24, 2.45) is 0 Å². The van der Waals surface area contributed by atoms with Crippen LogP contribution in [-0.2, 0) is 20.2 Å². The summed E-state index contributed by atoms with van der Waals surface area (Å²) in [5.74, 6) is -10.8. The quantitative estimate of drug-likeness (QED) is 0.369. The van der Waals surface area contributed by atoms with Gasteiger partial charge in [0, 0.05) is 6.42 Å². The molecule has 0 amide bonds. The number of nitriles is 1. The number of hydrogen-bond acceptors (Lipinski definition) is 6. The van der Waals surface area contributed by atoms with Crippen LogP contribution in [0.3, 0.4) is 0 Å². The lowest BCUT2D eigenvalue weighted by atomic mass is 10.1. The molecule has 0 aliphatic heterocycles. The molecular weight excluding hydrogens is 482 g/mol. The maximum absolute atomic E-state index is 14.2. The molecule has 1 aliphatic carbocycles. The Morgan fingerprint density at radius 3 is 1.88 bits per heavy atom. The van der Waals surface area contributed by atoms with Gasteiger partial charge in [0.2, 0.25) is 17.4 Å². The van der Waals surface area contributed by atoms with Gasteiger partial charge >= 0.3 is 0 Å². The average molecular weight is 493 g/mol. The molecule has 0 fully saturated rings. The highest BCUT2D eigenvalue weighted by Crippen LogP contribution is 2.32. The number of hydrogen-bond donors (Lipinski definition) is 2. The van der Waals surface area contributed by atoms with Crippen molar-refractivity contribution in [3.8, 4) is 11.8 Å². The van der Waals surface area contributed by atoms with Crippen molar-refractivity contribution in [1.29, 1.82) is 5.26 Å². The van der Waals surface area contributed by atoms with E-state index in [1.165, 1.54) is 0 Å². The summed E-state index contributed by atoms with van der Waals surface area (Å²) in [4.78, 5) is -1.78. The van der Waals surface area contributed by atoms with Crippen molar-refractivity contribution < 1.29 is 48.2 Å². The maximum atomic E-state index is 14.2. The zero-order chi connectivity index (χ0) is 24.4. The van der Waals surface area contributed by atoms with E-state index in [4.69, 9.17) is 10.00 Å². The highest BCUT2D eigenvalue weighted by atomic mass is 32.2. The number of halogens is 4. The van der Waals surface area contributed by atoms with Crippen molar-refractivity contribution in [2.45, 2.75) is 6.42 Å². The third-order valence-corrected chi connectivity index (χ3v) is 5.40. The Morgan fingerprint density at radius 1 is 0.906 bits per heavy atom.